The number of rotatable bonds is 18. The summed E-state index contributed by atoms with van der Waals surface area (Å²) in [5.41, 5.74) is 0. The average molecular weight is 503 g/mol. The third-order valence-electron chi connectivity index (χ3n) is 6.28. The molecule has 1 rings (SSSR count). The van der Waals surface area contributed by atoms with E-state index in [0.717, 1.165) is 12.8 Å². The number of nitrogens with one attached hydrogen (secondary N) is 1. The van der Waals surface area contributed by atoms with Gasteiger partial charge in [-0.1, -0.05) is 84.0 Å². The van der Waals surface area contributed by atoms with Crippen molar-refractivity contribution >= 4 is 5.91 Å². The number of aliphatic hydroxyl groups is 1. The van der Waals surface area contributed by atoms with Crippen molar-refractivity contribution in [3.05, 3.63) is 0 Å². The molecule has 0 aromatic rings. The van der Waals surface area contributed by atoms with Crippen LogP contribution in [0.15, 0.2) is 0 Å². The molecule has 0 aromatic heterocycles. The van der Waals surface area contributed by atoms with E-state index in [0.29, 0.717) is 19.4 Å². The Morgan fingerprint density at radius 3 is 1.87 bits per heavy atom. The first-order valence-corrected chi connectivity index (χ1v) is 12.1. The minimum Gasteiger partial charge on any atom is -0.390 e. The quantitative estimate of drug-likeness (QED) is 0.259. The molecule has 1 aliphatic rings. The van der Waals surface area contributed by atoms with Crippen LogP contribution in [0.3, 0.4) is 0 Å². The Hall–Kier alpha value is 0.454. The summed E-state index contributed by atoms with van der Waals surface area (Å²) in [6, 6.07) is -0.121. The molecule has 175 valence electrons. The van der Waals surface area contributed by atoms with Crippen LogP contribution in [-0.4, -0.2) is 50.1 Å². The number of unbranched alkanes of at least 4 members (excludes halogenated alkanes) is 12. The van der Waals surface area contributed by atoms with Gasteiger partial charge in [-0.2, -0.15) is 0 Å². The molecule has 2 N–H and O–H groups in total. The predicted octanol–water partition coefficient (Wildman–Crippen LogP) is 4.99. The van der Waals surface area contributed by atoms with Gasteiger partial charge in [-0.05, 0) is 12.8 Å². The molecule has 6 heteroatoms. The van der Waals surface area contributed by atoms with E-state index >= 15 is 0 Å². The Bertz CT molecular complexity index is 411. The minimum absolute atomic E-state index is 0. The molecule has 0 heterocycles. The van der Waals surface area contributed by atoms with Crippen LogP contribution in [0, 0.1) is 5.92 Å². The van der Waals surface area contributed by atoms with E-state index in [-0.39, 0.29) is 56.7 Å². The minimum atomic E-state index is -0.582. The fourth-order valence-corrected chi connectivity index (χ4v) is 4.51. The SMILES string of the molecule is CCCCCCCCCCCCCCCC(=O)N[C@@H]1C[C@H](COC)C(O)[C@@H]1OC.[Y]. The molecular weight excluding hydrogens is 455 g/mol. The number of methoxy groups -OCH3 is 2. The summed E-state index contributed by atoms with van der Waals surface area (Å²) in [5.74, 6) is 0.0944. The van der Waals surface area contributed by atoms with Gasteiger partial charge in [0, 0.05) is 59.3 Å². The Morgan fingerprint density at radius 2 is 1.40 bits per heavy atom. The molecule has 1 saturated carbocycles. The number of aliphatic hydroxyl groups excluding tert-OH is 1. The third kappa shape index (κ3) is 13.1. The van der Waals surface area contributed by atoms with Gasteiger partial charge in [0.1, 0.15) is 6.10 Å². The van der Waals surface area contributed by atoms with E-state index in [1.165, 1.54) is 70.6 Å². The fourth-order valence-electron chi connectivity index (χ4n) is 4.51. The summed E-state index contributed by atoms with van der Waals surface area (Å²) >= 11 is 0. The van der Waals surface area contributed by atoms with Crippen molar-refractivity contribution in [2.24, 2.45) is 5.92 Å². The Balaban J connectivity index is 0.00000841. The summed E-state index contributed by atoms with van der Waals surface area (Å²) in [6.45, 7) is 2.76. The van der Waals surface area contributed by atoms with Gasteiger partial charge in [-0.3, -0.25) is 4.79 Å². The normalized spacial score (nSPS) is 23.3. The van der Waals surface area contributed by atoms with Crippen LogP contribution in [0.4, 0.5) is 0 Å². The first-order chi connectivity index (χ1) is 14.1. The summed E-state index contributed by atoms with van der Waals surface area (Å²) in [6.07, 6.45) is 17.3. The zero-order valence-electron chi connectivity index (χ0n) is 19.9. The Labute approximate surface area is 210 Å². The number of amides is 1. The molecule has 0 bridgehead atoms. The second-order valence-electron chi connectivity index (χ2n) is 8.81. The molecule has 1 unspecified atom stereocenters. The molecule has 1 radical (unpaired) electrons. The van der Waals surface area contributed by atoms with Crippen molar-refractivity contribution < 1.29 is 52.1 Å². The van der Waals surface area contributed by atoms with Gasteiger partial charge in [0.05, 0.1) is 18.8 Å². The summed E-state index contributed by atoms with van der Waals surface area (Å²) in [4.78, 5) is 12.3. The van der Waals surface area contributed by atoms with E-state index < -0.39 is 6.10 Å². The summed E-state index contributed by atoms with van der Waals surface area (Å²) in [5, 5.41) is 13.4. The largest absolute Gasteiger partial charge is 0.390 e. The first-order valence-electron chi connectivity index (χ1n) is 12.1. The molecule has 0 aliphatic heterocycles. The predicted molar refractivity (Wildman–Crippen MR) is 119 cm³/mol. The zero-order valence-corrected chi connectivity index (χ0v) is 22.7. The van der Waals surface area contributed by atoms with Gasteiger partial charge < -0.3 is 19.9 Å². The van der Waals surface area contributed by atoms with Crippen LogP contribution in [0.1, 0.15) is 103 Å². The van der Waals surface area contributed by atoms with Crippen molar-refractivity contribution in [1.29, 1.82) is 0 Å². The monoisotopic (exact) mass is 502 g/mol. The molecule has 0 spiro atoms. The van der Waals surface area contributed by atoms with E-state index in [1.54, 1.807) is 14.2 Å². The Morgan fingerprint density at radius 1 is 0.900 bits per heavy atom. The average Bonchev–Trinajstić information content (AvgIpc) is 3.00. The van der Waals surface area contributed by atoms with Gasteiger partial charge in [0.15, 0.2) is 0 Å². The molecule has 1 fully saturated rings. The van der Waals surface area contributed by atoms with E-state index in [4.69, 9.17) is 9.47 Å². The van der Waals surface area contributed by atoms with Crippen LogP contribution in [0.25, 0.3) is 0 Å². The van der Waals surface area contributed by atoms with Gasteiger partial charge in [0.25, 0.3) is 0 Å². The maximum Gasteiger partial charge on any atom is 0.220 e. The van der Waals surface area contributed by atoms with E-state index in [9.17, 15) is 9.90 Å². The summed E-state index contributed by atoms with van der Waals surface area (Å²) in [7, 11) is 3.23. The molecule has 0 aromatic carbocycles. The van der Waals surface area contributed by atoms with Crippen molar-refractivity contribution in [1.82, 2.24) is 5.32 Å². The maximum absolute atomic E-state index is 12.3. The van der Waals surface area contributed by atoms with Gasteiger partial charge in [-0.25, -0.2) is 0 Å². The van der Waals surface area contributed by atoms with Crippen LogP contribution in [0.5, 0.6) is 0 Å². The number of hydrogen-bond donors (Lipinski definition) is 2. The standard InChI is InChI=1S/C24H47NO4.Y/c1-4-5-6-7-8-9-10-11-12-13-14-15-16-17-22(26)25-21-18-20(19-28-2)23(27)24(21)29-3;/h20-21,23-24,27H,4-19H2,1-3H3,(H,25,26);/t20-,21-,23?,24-;/m1./s1. The molecule has 4 atom stereocenters. The topological polar surface area (TPSA) is 67.8 Å². The molecule has 1 amide bonds. The molecule has 30 heavy (non-hydrogen) atoms. The van der Waals surface area contributed by atoms with Crippen LogP contribution in [-0.2, 0) is 47.0 Å². The van der Waals surface area contributed by atoms with Crippen LogP contribution >= 0.6 is 0 Å². The second kappa shape index (κ2) is 20.1. The van der Waals surface area contributed by atoms with Crippen molar-refractivity contribution in [2.45, 2.75) is 121 Å². The fraction of sp³-hybridized carbons (Fsp3) is 0.958. The molecule has 0 saturated heterocycles. The van der Waals surface area contributed by atoms with Crippen molar-refractivity contribution in [2.75, 3.05) is 20.8 Å². The van der Waals surface area contributed by atoms with Gasteiger partial charge in [-0.15, -0.1) is 0 Å². The zero-order chi connectivity index (χ0) is 21.3. The second-order valence-corrected chi connectivity index (χ2v) is 8.81. The van der Waals surface area contributed by atoms with Gasteiger partial charge in [0.2, 0.25) is 5.91 Å². The van der Waals surface area contributed by atoms with Crippen molar-refractivity contribution in [3.8, 4) is 0 Å². The maximum atomic E-state index is 12.3. The van der Waals surface area contributed by atoms with E-state index in [2.05, 4.69) is 12.2 Å². The molecule has 5 nitrogen and oxygen atoms in total. The molecule has 1 aliphatic carbocycles. The van der Waals surface area contributed by atoms with E-state index in [1.807, 2.05) is 0 Å². The van der Waals surface area contributed by atoms with Crippen molar-refractivity contribution in [3.63, 3.8) is 0 Å². The third-order valence-corrected chi connectivity index (χ3v) is 6.28. The summed E-state index contributed by atoms with van der Waals surface area (Å²) < 4.78 is 10.6. The number of carbonyl (C=O) groups is 1. The Kier molecular flexibility index (Phi) is 20.4. The number of hydrogen-bond acceptors (Lipinski definition) is 4. The van der Waals surface area contributed by atoms with Crippen LogP contribution in [0.2, 0.25) is 0 Å². The number of ether oxygens (including phenoxy) is 2. The van der Waals surface area contributed by atoms with Crippen LogP contribution < -0.4 is 5.32 Å². The van der Waals surface area contributed by atoms with Gasteiger partial charge >= 0.3 is 0 Å². The first kappa shape index (κ1) is 30.5. The molecular formula is C24H47NO4Y. The number of carbonyl (C=O) groups excluding carboxylic acids is 1. The smallest absolute Gasteiger partial charge is 0.220 e.